The second kappa shape index (κ2) is 6.80. The van der Waals surface area contributed by atoms with E-state index in [4.69, 9.17) is 10.5 Å². The molecule has 0 aliphatic carbocycles. The molecule has 0 fully saturated rings. The first-order chi connectivity index (χ1) is 12.0. The number of hydrogen-bond donors (Lipinski definition) is 1. The van der Waals surface area contributed by atoms with Crippen molar-refractivity contribution in [2.45, 2.75) is 20.0 Å². The van der Waals surface area contributed by atoms with Gasteiger partial charge in [0.25, 0.3) is 0 Å². The van der Waals surface area contributed by atoms with Crippen LogP contribution in [0.5, 0.6) is 5.75 Å². The molecule has 0 aliphatic heterocycles. The van der Waals surface area contributed by atoms with Gasteiger partial charge in [0.15, 0.2) is 0 Å². The Balaban J connectivity index is 1.81. The minimum atomic E-state index is -0.0670. The van der Waals surface area contributed by atoms with Crippen molar-refractivity contribution in [1.29, 1.82) is 0 Å². The van der Waals surface area contributed by atoms with E-state index in [1.807, 2.05) is 31.2 Å². The summed E-state index contributed by atoms with van der Waals surface area (Å²) in [6.07, 6.45) is 1.73. The number of benzene rings is 1. The number of nitrogen functional groups attached to an aromatic ring is 1. The number of aromatic nitrogens is 3. The molecule has 0 aliphatic rings. The standard InChI is InChI=1S/C18H21N5O2/c1-12-9-16(19)23(21-12)11-17(24)22(2)10-13-6-7-15(25-3)18-14(13)5-4-8-20-18/h4-9H,10-11,19H2,1-3H3. The number of hydrogen-bond acceptors (Lipinski definition) is 5. The number of nitrogens with zero attached hydrogens (tertiary/aromatic N) is 4. The third kappa shape index (κ3) is 3.40. The SMILES string of the molecule is COc1ccc(CN(C)C(=O)Cn2nc(C)cc2N)c2cccnc12. The van der Waals surface area contributed by atoms with E-state index in [2.05, 4.69) is 10.1 Å². The highest BCUT2D eigenvalue weighted by atomic mass is 16.5. The van der Waals surface area contributed by atoms with Crippen LogP contribution in [0.15, 0.2) is 36.5 Å². The highest BCUT2D eigenvalue weighted by molar-refractivity contribution is 5.88. The first-order valence-electron chi connectivity index (χ1n) is 7.94. The highest BCUT2D eigenvalue weighted by Crippen LogP contribution is 2.27. The van der Waals surface area contributed by atoms with Crippen LogP contribution in [0.1, 0.15) is 11.3 Å². The number of fused-ring (bicyclic) bond motifs is 1. The summed E-state index contributed by atoms with van der Waals surface area (Å²) in [6, 6.07) is 9.43. The van der Waals surface area contributed by atoms with Crippen molar-refractivity contribution in [3.05, 3.63) is 47.8 Å². The van der Waals surface area contributed by atoms with E-state index in [-0.39, 0.29) is 12.5 Å². The van der Waals surface area contributed by atoms with Crippen molar-refractivity contribution in [3.8, 4) is 5.75 Å². The summed E-state index contributed by atoms with van der Waals surface area (Å²) in [5.41, 5.74) is 8.44. The Morgan fingerprint density at radius 3 is 2.84 bits per heavy atom. The van der Waals surface area contributed by atoms with Gasteiger partial charge < -0.3 is 15.4 Å². The van der Waals surface area contributed by atoms with Crippen molar-refractivity contribution >= 4 is 22.6 Å². The normalized spacial score (nSPS) is 10.8. The minimum absolute atomic E-state index is 0.0670. The second-order valence-corrected chi connectivity index (χ2v) is 5.94. The Hall–Kier alpha value is -3.09. The van der Waals surface area contributed by atoms with Gasteiger partial charge in [-0.15, -0.1) is 0 Å². The Labute approximate surface area is 146 Å². The molecule has 0 spiro atoms. The van der Waals surface area contributed by atoms with Gasteiger partial charge in [0, 0.05) is 31.2 Å². The van der Waals surface area contributed by atoms with Gasteiger partial charge in [-0.1, -0.05) is 12.1 Å². The number of rotatable bonds is 5. The lowest BCUT2D eigenvalue weighted by molar-refractivity contribution is -0.131. The molecule has 3 aromatic rings. The molecule has 2 heterocycles. The van der Waals surface area contributed by atoms with Crippen LogP contribution in [0.4, 0.5) is 5.82 Å². The van der Waals surface area contributed by atoms with Crippen molar-refractivity contribution in [2.75, 3.05) is 19.9 Å². The lowest BCUT2D eigenvalue weighted by atomic mass is 10.1. The van der Waals surface area contributed by atoms with E-state index in [0.29, 0.717) is 18.1 Å². The molecule has 0 saturated carbocycles. The van der Waals surface area contributed by atoms with Crippen LogP contribution < -0.4 is 10.5 Å². The lowest BCUT2D eigenvalue weighted by Gasteiger charge is -2.19. The average Bonchev–Trinajstić information content (AvgIpc) is 2.92. The quantitative estimate of drug-likeness (QED) is 0.768. The number of methoxy groups -OCH3 is 1. The first-order valence-corrected chi connectivity index (χ1v) is 7.94. The maximum absolute atomic E-state index is 12.5. The molecule has 3 rings (SSSR count). The summed E-state index contributed by atoms with van der Waals surface area (Å²) in [5.74, 6) is 1.13. The zero-order chi connectivity index (χ0) is 18.0. The van der Waals surface area contributed by atoms with Crippen LogP contribution in [-0.4, -0.2) is 39.7 Å². The topological polar surface area (TPSA) is 86.3 Å². The molecule has 1 amide bonds. The van der Waals surface area contributed by atoms with Crippen LogP contribution in [0, 0.1) is 6.92 Å². The Kier molecular flexibility index (Phi) is 4.56. The van der Waals surface area contributed by atoms with Crippen molar-refractivity contribution in [1.82, 2.24) is 19.7 Å². The summed E-state index contributed by atoms with van der Waals surface area (Å²) in [6.45, 7) is 2.42. The van der Waals surface area contributed by atoms with Crippen LogP contribution in [0.2, 0.25) is 0 Å². The van der Waals surface area contributed by atoms with Crippen LogP contribution in [-0.2, 0) is 17.9 Å². The molecule has 0 saturated heterocycles. The van der Waals surface area contributed by atoms with Gasteiger partial charge >= 0.3 is 0 Å². The van der Waals surface area contributed by atoms with Crippen molar-refractivity contribution < 1.29 is 9.53 Å². The van der Waals surface area contributed by atoms with Gasteiger partial charge in [0.1, 0.15) is 23.6 Å². The van der Waals surface area contributed by atoms with Crippen molar-refractivity contribution in [3.63, 3.8) is 0 Å². The number of likely N-dealkylation sites (N-methyl/N-ethyl adjacent to an activating group) is 1. The Morgan fingerprint density at radius 2 is 2.16 bits per heavy atom. The molecule has 0 atom stereocenters. The smallest absolute Gasteiger partial charge is 0.244 e. The number of carbonyl (C=O) groups excluding carboxylic acids is 1. The fourth-order valence-electron chi connectivity index (χ4n) is 2.79. The van der Waals surface area contributed by atoms with E-state index in [1.165, 1.54) is 4.68 Å². The highest BCUT2D eigenvalue weighted by Gasteiger charge is 2.15. The van der Waals surface area contributed by atoms with E-state index >= 15 is 0 Å². The number of amides is 1. The fourth-order valence-corrected chi connectivity index (χ4v) is 2.79. The fraction of sp³-hybridized carbons (Fsp3) is 0.278. The molecule has 0 unspecified atom stereocenters. The predicted octanol–water partition coefficient (Wildman–Crippen LogP) is 1.99. The lowest BCUT2D eigenvalue weighted by Crippen LogP contribution is -2.30. The van der Waals surface area contributed by atoms with Crippen LogP contribution >= 0.6 is 0 Å². The van der Waals surface area contributed by atoms with Crippen LogP contribution in [0.25, 0.3) is 10.9 Å². The molecule has 25 heavy (non-hydrogen) atoms. The summed E-state index contributed by atoms with van der Waals surface area (Å²) >= 11 is 0. The molecule has 2 N–H and O–H groups in total. The summed E-state index contributed by atoms with van der Waals surface area (Å²) in [5, 5.41) is 5.20. The molecule has 0 radical (unpaired) electrons. The zero-order valence-electron chi connectivity index (χ0n) is 14.6. The molecule has 1 aromatic carbocycles. The van der Waals surface area contributed by atoms with Gasteiger partial charge in [-0.3, -0.25) is 9.78 Å². The number of pyridine rings is 1. The maximum atomic E-state index is 12.5. The summed E-state index contributed by atoms with van der Waals surface area (Å²) in [4.78, 5) is 18.6. The molecule has 0 bridgehead atoms. The molecule has 130 valence electrons. The molecular formula is C18H21N5O2. The molecule has 7 heteroatoms. The number of carbonyl (C=O) groups is 1. The van der Waals surface area contributed by atoms with Gasteiger partial charge in [-0.2, -0.15) is 5.10 Å². The Bertz CT molecular complexity index is 919. The van der Waals surface area contributed by atoms with E-state index in [9.17, 15) is 4.79 Å². The first kappa shape index (κ1) is 16.8. The zero-order valence-corrected chi connectivity index (χ0v) is 14.6. The number of aryl methyl sites for hydroxylation is 1. The van der Waals surface area contributed by atoms with Gasteiger partial charge in [-0.25, -0.2) is 4.68 Å². The van der Waals surface area contributed by atoms with Gasteiger partial charge in [0.2, 0.25) is 5.91 Å². The number of nitrogens with two attached hydrogens (primary N) is 1. The van der Waals surface area contributed by atoms with Crippen molar-refractivity contribution in [2.24, 2.45) is 0 Å². The summed E-state index contributed by atoms with van der Waals surface area (Å²) in [7, 11) is 3.39. The monoisotopic (exact) mass is 339 g/mol. The predicted molar refractivity (Wildman–Crippen MR) is 96.1 cm³/mol. The van der Waals surface area contributed by atoms with E-state index < -0.39 is 0 Å². The van der Waals surface area contributed by atoms with Gasteiger partial charge in [0.05, 0.1) is 12.8 Å². The average molecular weight is 339 g/mol. The van der Waals surface area contributed by atoms with E-state index in [1.54, 1.807) is 31.3 Å². The molecule has 7 nitrogen and oxygen atoms in total. The maximum Gasteiger partial charge on any atom is 0.244 e. The minimum Gasteiger partial charge on any atom is -0.494 e. The van der Waals surface area contributed by atoms with E-state index in [0.717, 1.165) is 22.2 Å². The number of ether oxygens (including phenoxy) is 1. The van der Waals surface area contributed by atoms with Gasteiger partial charge in [-0.05, 0) is 24.6 Å². The number of anilines is 1. The Morgan fingerprint density at radius 1 is 1.36 bits per heavy atom. The third-order valence-corrected chi connectivity index (χ3v) is 4.09. The van der Waals surface area contributed by atoms with Crippen LogP contribution in [0.3, 0.4) is 0 Å². The third-order valence-electron chi connectivity index (χ3n) is 4.09. The summed E-state index contributed by atoms with van der Waals surface area (Å²) < 4.78 is 6.88. The molecule has 2 aromatic heterocycles. The largest absolute Gasteiger partial charge is 0.494 e. The second-order valence-electron chi connectivity index (χ2n) is 5.94. The molecular weight excluding hydrogens is 318 g/mol.